The van der Waals surface area contributed by atoms with E-state index in [1.54, 1.807) is 5.57 Å². The molecule has 90 valence electrons. The van der Waals surface area contributed by atoms with Crippen LogP contribution in [0.5, 0.6) is 0 Å². The van der Waals surface area contributed by atoms with Crippen molar-refractivity contribution in [3.05, 3.63) is 11.6 Å². The van der Waals surface area contributed by atoms with Gasteiger partial charge in [0.25, 0.3) is 0 Å². The molecule has 16 heavy (non-hydrogen) atoms. The molecule has 0 aromatic carbocycles. The van der Waals surface area contributed by atoms with Crippen LogP contribution in [-0.2, 0) is 4.74 Å². The maximum Gasteiger partial charge on any atom is 0.0817 e. The highest BCUT2D eigenvalue weighted by molar-refractivity contribution is 5.20. The molecule has 2 fully saturated rings. The van der Waals surface area contributed by atoms with Gasteiger partial charge in [-0.25, -0.2) is 0 Å². The van der Waals surface area contributed by atoms with Crippen molar-refractivity contribution in [2.45, 2.75) is 65.1 Å². The van der Waals surface area contributed by atoms with Crippen molar-refractivity contribution in [1.82, 2.24) is 0 Å². The predicted molar refractivity (Wildman–Crippen MR) is 66.3 cm³/mol. The third-order valence-corrected chi connectivity index (χ3v) is 5.28. The summed E-state index contributed by atoms with van der Waals surface area (Å²) in [7, 11) is 0. The zero-order valence-corrected chi connectivity index (χ0v) is 11.0. The molecule has 0 N–H and O–H groups in total. The first kappa shape index (κ1) is 10.8. The fourth-order valence-electron chi connectivity index (χ4n) is 4.32. The van der Waals surface area contributed by atoms with Gasteiger partial charge in [0.15, 0.2) is 0 Å². The number of hydrogen-bond donors (Lipinski definition) is 0. The molecule has 1 spiro atoms. The topological polar surface area (TPSA) is 9.23 Å². The normalized spacial score (nSPS) is 49.8. The van der Waals surface area contributed by atoms with E-state index in [0.717, 1.165) is 11.8 Å². The lowest BCUT2D eigenvalue weighted by atomic mass is 9.64. The Morgan fingerprint density at radius 3 is 2.88 bits per heavy atom. The van der Waals surface area contributed by atoms with E-state index >= 15 is 0 Å². The Labute approximate surface area is 99.3 Å². The van der Waals surface area contributed by atoms with Crippen LogP contribution in [0.15, 0.2) is 11.6 Å². The van der Waals surface area contributed by atoms with Crippen LogP contribution in [0.2, 0.25) is 0 Å². The molecule has 2 heterocycles. The zero-order valence-electron chi connectivity index (χ0n) is 11.0. The van der Waals surface area contributed by atoms with Crippen LogP contribution in [-0.4, -0.2) is 11.7 Å². The maximum absolute atomic E-state index is 6.51. The number of rotatable bonds is 0. The van der Waals surface area contributed by atoms with Crippen LogP contribution in [0.25, 0.3) is 0 Å². The van der Waals surface area contributed by atoms with Gasteiger partial charge in [0.2, 0.25) is 0 Å². The molecule has 1 saturated carbocycles. The van der Waals surface area contributed by atoms with Crippen molar-refractivity contribution in [2.75, 3.05) is 0 Å². The van der Waals surface area contributed by atoms with Gasteiger partial charge in [-0.15, -0.1) is 0 Å². The Bertz CT molecular complexity index is 341. The maximum atomic E-state index is 6.51. The van der Waals surface area contributed by atoms with Gasteiger partial charge >= 0.3 is 0 Å². The largest absolute Gasteiger partial charge is 0.367 e. The number of hydrogen-bond acceptors (Lipinski definition) is 1. The van der Waals surface area contributed by atoms with Gasteiger partial charge in [0.05, 0.1) is 11.7 Å². The molecule has 2 bridgehead atoms. The number of ether oxygens (including phenoxy) is 1. The van der Waals surface area contributed by atoms with Gasteiger partial charge in [0.1, 0.15) is 0 Å². The Kier molecular flexibility index (Phi) is 2.12. The fraction of sp³-hybridized carbons (Fsp3) is 0.867. The third kappa shape index (κ3) is 1.33. The molecule has 0 aromatic rings. The van der Waals surface area contributed by atoms with Gasteiger partial charge < -0.3 is 4.74 Å². The molecule has 3 rings (SSSR count). The summed E-state index contributed by atoms with van der Waals surface area (Å²) in [5.41, 5.74) is 2.11. The average molecular weight is 220 g/mol. The molecular weight excluding hydrogens is 196 g/mol. The van der Waals surface area contributed by atoms with Crippen LogP contribution in [0.3, 0.4) is 0 Å². The molecule has 0 amide bonds. The van der Waals surface area contributed by atoms with Crippen LogP contribution in [0.4, 0.5) is 0 Å². The van der Waals surface area contributed by atoms with Crippen molar-refractivity contribution in [2.24, 2.45) is 17.3 Å². The van der Waals surface area contributed by atoms with E-state index in [1.165, 1.54) is 25.7 Å². The average Bonchev–Trinajstić information content (AvgIpc) is 2.45. The summed E-state index contributed by atoms with van der Waals surface area (Å²) in [6.07, 6.45) is 7.93. The summed E-state index contributed by atoms with van der Waals surface area (Å²) in [5, 5.41) is 0. The highest BCUT2D eigenvalue weighted by atomic mass is 16.5. The second-order valence-electron chi connectivity index (χ2n) is 7.11. The van der Waals surface area contributed by atoms with Gasteiger partial charge in [-0.05, 0) is 49.9 Å². The lowest BCUT2D eigenvalue weighted by Gasteiger charge is -2.54. The lowest BCUT2D eigenvalue weighted by Crippen LogP contribution is -2.54. The Morgan fingerprint density at radius 1 is 1.38 bits per heavy atom. The Morgan fingerprint density at radius 2 is 2.12 bits per heavy atom. The minimum absolute atomic E-state index is 0.221. The molecular formula is C15H24O. The highest BCUT2D eigenvalue weighted by Crippen LogP contribution is 2.58. The van der Waals surface area contributed by atoms with E-state index in [0.29, 0.717) is 11.5 Å². The summed E-state index contributed by atoms with van der Waals surface area (Å²) in [4.78, 5) is 0. The SMILES string of the molecule is CC1=C[C@H]2O[C@@]3(CC[C@@H](C)[C@@H]3CC2(C)C)C1. The second kappa shape index (κ2) is 3.13. The smallest absolute Gasteiger partial charge is 0.0817 e. The predicted octanol–water partition coefficient (Wildman–Crippen LogP) is 3.94. The second-order valence-corrected chi connectivity index (χ2v) is 7.11. The summed E-state index contributed by atoms with van der Waals surface area (Å²) in [6.45, 7) is 9.47. The van der Waals surface area contributed by atoms with Crippen molar-refractivity contribution >= 4 is 0 Å². The van der Waals surface area contributed by atoms with Gasteiger partial charge in [-0.3, -0.25) is 0 Å². The Balaban J connectivity index is 2.03. The molecule has 1 saturated heterocycles. The van der Waals surface area contributed by atoms with Gasteiger partial charge in [0, 0.05) is 0 Å². The van der Waals surface area contributed by atoms with Crippen LogP contribution in [0, 0.1) is 17.3 Å². The molecule has 0 unspecified atom stereocenters. The van der Waals surface area contributed by atoms with Crippen LogP contribution in [0.1, 0.15) is 53.4 Å². The van der Waals surface area contributed by atoms with Gasteiger partial charge in [-0.1, -0.05) is 32.4 Å². The molecule has 0 aromatic heterocycles. The molecule has 4 atom stereocenters. The fourth-order valence-corrected chi connectivity index (χ4v) is 4.32. The lowest BCUT2D eigenvalue weighted by molar-refractivity contribution is -0.193. The first-order valence-electron chi connectivity index (χ1n) is 6.78. The van der Waals surface area contributed by atoms with Crippen molar-refractivity contribution in [3.63, 3.8) is 0 Å². The summed E-state index contributed by atoms with van der Waals surface area (Å²) in [6, 6.07) is 0. The first-order chi connectivity index (χ1) is 7.43. The standard InChI is InChI=1S/C15H24O/c1-10-7-13-14(3,4)9-12-11(2)5-6-15(12,8-10)16-13/h7,11-13H,5-6,8-9H2,1-4H3/t11-,12+,13-,15+/m1/s1. The molecule has 1 nitrogen and oxygen atoms in total. The minimum Gasteiger partial charge on any atom is -0.367 e. The number of fused-ring (bicyclic) bond motifs is 1. The van der Waals surface area contributed by atoms with Crippen LogP contribution >= 0.6 is 0 Å². The van der Waals surface area contributed by atoms with Crippen molar-refractivity contribution in [3.8, 4) is 0 Å². The zero-order chi connectivity index (χ0) is 11.6. The van der Waals surface area contributed by atoms with Crippen LogP contribution < -0.4 is 0 Å². The molecule has 1 aliphatic carbocycles. The third-order valence-electron chi connectivity index (χ3n) is 5.28. The van der Waals surface area contributed by atoms with E-state index in [9.17, 15) is 0 Å². The van der Waals surface area contributed by atoms with Gasteiger partial charge in [-0.2, -0.15) is 0 Å². The summed E-state index contributed by atoms with van der Waals surface area (Å²) in [5.74, 6) is 1.65. The van der Waals surface area contributed by atoms with E-state index in [2.05, 4.69) is 33.8 Å². The monoisotopic (exact) mass is 220 g/mol. The van der Waals surface area contributed by atoms with Crippen molar-refractivity contribution < 1.29 is 4.74 Å². The Hall–Kier alpha value is -0.300. The first-order valence-corrected chi connectivity index (χ1v) is 6.78. The quantitative estimate of drug-likeness (QED) is 0.562. The van der Waals surface area contributed by atoms with Crippen molar-refractivity contribution in [1.29, 1.82) is 0 Å². The van der Waals surface area contributed by atoms with E-state index in [1.807, 2.05) is 0 Å². The molecule has 0 radical (unpaired) electrons. The van der Waals surface area contributed by atoms with E-state index in [4.69, 9.17) is 4.74 Å². The summed E-state index contributed by atoms with van der Waals surface area (Å²) < 4.78 is 6.51. The molecule has 1 heteroatoms. The van der Waals surface area contributed by atoms with E-state index < -0.39 is 0 Å². The summed E-state index contributed by atoms with van der Waals surface area (Å²) >= 11 is 0. The minimum atomic E-state index is 0.221. The highest BCUT2D eigenvalue weighted by Gasteiger charge is 2.57. The molecule has 3 aliphatic rings. The molecule has 2 aliphatic heterocycles. The van der Waals surface area contributed by atoms with E-state index in [-0.39, 0.29) is 5.60 Å².